The van der Waals surface area contributed by atoms with E-state index in [0.717, 1.165) is 57.8 Å². The van der Waals surface area contributed by atoms with Gasteiger partial charge < -0.3 is 33.2 Å². The van der Waals surface area contributed by atoms with Crippen molar-refractivity contribution in [2.75, 3.05) is 33.0 Å². The average molecular weight is 661 g/mol. The molecule has 0 spiro atoms. The molecule has 0 saturated heterocycles. The first-order valence-electron chi connectivity index (χ1n) is 19.0. The van der Waals surface area contributed by atoms with Crippen LogP contribution >= 0.6 is 0 Å². The topological polar surface area (TPSA) is 64.6 Å². The molecule has 0 rings (SSSR count). The Morgan fingerprint density at radius 2 is 0.891 bits per heavy atom. The van der Waals surface area contributed by atoms with Crippen molar-refractivity contribution < 1.29 is 33.2 Å². The predicted molar refractivity (Wildman–Crippen MR) is 193 cm³/mol. The zero-order valence-electron chi connectivity index (χ0n) is 33.3. The molecule has 0 amide bonds. The molecule has 0 aliphatic heterocycles. The first-order valence-corrected chi connectivity index (χ1v) is 19.0. The van der Waals surface area contributed by atoms with Crippen LogP contribution in [0.15, 0.2) is 0 Å². The van der Waals surface area contributed by atoms with E-state index >= 15 is 0 Å². The molecule has 0 bridgehead atoms. The van der Waals surface area contributed by atoms with Gasteiger partial charge in [0.1, 0.15) is 0 Å². The smallest absolute Gasteiger partial charge is 0.0676 e. The van der Waals surface area contributed by atoms with Crippen molar-refractivity contribution in [3.05, 3.63) is 0 Å². The van der Waals surface area contributed by atoms with Crippen LogP contribution in [-0.2, 0) is 33.2 Å². The van der Waals surface area contributed by atoms with Gasteiger partial charge in [0.15, 0.2) is 0 Å². The quantitative estimate of drug-likeness (QED) is 0.0760. The van der Waals surface area contributed by atoms with E-state index in [4.69, 9.17) is 33.2 Å². The fourth-order valence-electron chi connectivity index (χ4n) is 5.70. The molecule has 0 radical (unpaired) electrons. The van der Waals surface area contributed by atoms with Gasteiger partial charge in [-0.2, -0.15) is 0 Å². The van der Waals surface area contributed by atoms with Gasteiger partial charge in [-0.05, 0) is 107 Å². The highest BCUT2D eigenvalue weighted by Gasteiger charge is 2.40. The van der Waals surface area contributed by atoms with Gasteiger partial charge in [0.2, 0.25) is 0 Å². The predicted octanol–water partition coefficient (Wildman–Crippen LogP) is 9.96. The van der Waals surface area contributed by atoms with Crippen LogP contribution in [0.25, 0.3) is 0 Å². The van der Waals surface area contributed by atoms with Crippen LogP contribution in [0.2, 0.25) is 0 Å². The lowest BCUT2D eigenvalue weighted by Crippen LogP contribution is -2.48. The van der Waals surface area contributed by atoms with Gasteiger partial charge in [0.25, 0.3) is 0 Å². The SMILES string of the molecule is CCOCC(COC(CC)CC(C)OC(C)CC)(COC(C)(CC)CC(C)OC(C)CC)COC(C)(CC)CC(C)OC(C)CC. The molecule has 0 aliphatic rings. The van der Waals surface area contributed by atoms with E-state index in [1.54, 1.807) is 0 Å². The third-order valence-electron chi connectivity index (χ3n) is 9.79. The van der Waals surface area contributed by atoms with Gasteiger partial charge in [0, 0.05) is 19.4 Å². The van der Waals surface area contributed by atoms with Crippen molar-refractivity contribution >= 4 is 0 Å². The van der Waals surface area contributed by atoms with Crippen molar-refractivity contribution in [3.63, 3.8) is 0 Å². The molecule has 0 aromatic carbocycles. The summed E-state index contributed by atoms with van der Waals surface area (Å²) in [5.74, 6) is 0. The minimum Gasteiger partial charge on any atom is -0.381 e. The fraction of sp³-hybridized carbons (Fsp3) is 1.00. The van der Waals surface area contributed by atoms with E-state index in [2.05, 4.69) is 96.9 Å². The summed E-state index contributed by atoms with van der Waals surface area (Å²) in [6.45, 7) is 35.0. The Morgan fingerprint density at radius 1 is 0.478 bits per heavy atom. The molecule has 0 heterocycles. The molecule has 0 saturated carbocycles. The molecule has 7 nitrogen and oxygen atoms in total. The minimum atomic E-state index is -0.487. The molecule has 9 atom stereocenters. The van der Waals surface area contributed by atoms with E-state index in [-0.39, 0.29) is 53.9 Å². The van der Waals surface area contributed by atoms with Crippen molar-refractivity contribution in [1.82, 2.24) is 0 Å². The second-order valence-corrected chi connectivity index (χ2v) is 14.8. The van der Waals surface area contributed by atoms with Crippen molar-refractivity contribution in [2.45, 2.75) is 216 Å². The van der Waals surface area contributed by atoms with Crippen molar-refractivity contribution in [1.29, 1.82) is 0 Å². The summed E-state index contributed by atoms with van der Waals surface area (Å²) >= 11 is 0. The highest BCUT2D eigenvalue weighted by Crippen LogP contribution is 2.33. The Hall–Kier alpha value is -0.280. The fourth-order valence-corrected chi connectivity index (χ4v) is 5.70. The second-order valence-electron chi connectivity index (χ2n) is 14.8. The maximum atomic E-state index is 6.92. The summed E-state index contributed by atoms with van der Waals surface area (Å²) in [6, 6.07) is 0. The lowest BCUT2D eigenvalue weighted by molar-refractivity contribution is -0.184. The van der Waals surface area contributed by atoms with Crippen LogP contribution in [0.3, 0.4) is 0 Å². The van der Waals surface area contributed by atoms with E-state index in [1.807, 2.05) is 6.92 Å². The minimum absolute atomic E-state index is 0.0723. The molecule has 7 heteroatoms. The number of ether oxygens (including phenoxy) is 7. The Kier molecular flexibility index (Phi) is 23.8. The first kappa shape index (κ1) is 45.7. The number of hydrogen-bond acceptors (Lipinski definition) is 7. The Balaban J connectivity index is 6.19. The molecule has 0 aromatic rings. The maximum Gasteiger partial charge on any atom is 0.0676 e. The molecule has 46 heavy (non-hydrogen) atoms. The summed E-state index contributed by atoms with van der Waals surface area (Å²) in [5, 5.41) is 0. The summed E-state index contributed by atoms with van der Waals surface area (Å²) in [7, 11) is 0. The van der Waals surface area contributed by atoms with Crippen LogP contribution in [-0.4, -0.2) is 87.0 Å². The summed E-state index contributed by atoms with van der Waals surface area (Å²) in [5.41, 5.74) is -1.18. The average Bonchev–Trinajstić information content (AvgIpc) is 3.02. The zero-order valence-corrected chi connectivity index (χ0v) is 33.3. The first-order chi connectivity index (χ1) is 21.6. The summed E-state index contributed by atoms with van der Waals surface area (Å²) in [6.07, 6.45) is 9.25. The van der Waals surface area contributed by atoms with E-state index in [9.17, 15) is 0 Å². The van der Waals surface area contributed by atoms with E-state index in [0.29, 0.717) is 33.0 Å². The van der Waals surface area contributed by atoms with Gasteiger partial charge in [-0.1, -0.05) is 41.5 Å². The molecule has 0 N–H and O–H groups in total. The Labute approximate surface area is 286 Å². The van der Waals surface area contributed by atoms with Crippen molar-refractivity contribution in [2.24, 2.45) is 5.41 Å². The van der Waals surface area contributed by atoms with Crippen LogP contribution in [0.5, 0.6) is 0 Å². The van der Waals surface area contributed by atoms with E-state index in [1.165, 1.54) is 0 Å². The molecule has 0 fully saturated rings. The van der Waals surface area contributed by atoms with Gasteiger partial charge >= 0.3 is 0 Å². The summed E-state index contributed by atoms with van der Waals surface area (Å²) < 4.78 is 45.5. The van der Waals surface area contributed by atoms with Crippen LogP contribution < -0.4 is 0 Å². The zero-order chi connectivity index (χ0) is 35.4. The number of rotatable bonds is 30. The number of hydrogen-bond donors (Lipinski definition) is 0. The van der Waals surface area contributed by atoms with Gasteiger partial charge in [0.05, 0.1) is 85.8 Å². The molecule has 0 aromatic heterocycles. The van der Waals surface area contributed by atoms with Crippen LogP contribution in [0, 0.1) is 5.41 Å². The largest absolute Gasteiger partial charge is 0.381 e. The summed E-state index contributed by atoms with van der Waals surface area (Å²) in [4.78, 5) is 0. The van der Waals surface area contributed by atoms with E-state index < -0.39 is 5.41 Å². The molecule has 278 valence electrons. The van der Waals surface area contributed by atoms with Crippen LogP contribution in [0.4, 0.5) is 0 Å². The molecular weight excluding hydrogens is 580 g/mol. The lowest BCUT2D eigenvalue weighted by atomic mass is 9.88. The third kappa shape index (κ3) is 19.0. The van der Waals surface area contributed by atoms with Gasteiger partial charge in [-0.25, -0.2) is 0 Å². The molecule has 0 aliphatic carbocycles. The van der Waals surface area contributed by atoms with Gasteiger partial charge in [-0.3, -0.25) is 0 Å². The normalized spacial score (nSPS) is 20.9. The Morgan fingerprint density at radius 3 is 1.24 bits per heavy atom. The standard InChI is InChI=1S/C39H80O7/c1-16-30(8)44-33(11)23-36(19-4)41-27-39(26-40-22-7,28-42-37(14,20-5)24-34(12)45-31(9)17-2)29-43-38(15,21-6)25-35(13)46-32(10)18-3/h30-36H,16-29H2,1-15H3. The lowest BCUT2D eigenvalue weighted by Gasteiger charge is -2.42. The molecular formula is C39H80O7. The Bertz CT molecular complexity index is 697. The monoisotopic (exact) mass is 661 g/mol. The highest BCUT2D eigenvalue weighted by atomic mass is 16.5. The highest BCUT2D eigenvalue weighted by molar-refractivity contribution is 4.87. The second kappa shape index (κ2) is 24.0. The van der Waals surface area contributed by atoms with Crippen molar-refractivity contribution in [3.8, 4) is 0 Å². The van der Waals surface area contributed by atoms with Crippen LogP contribution in [0.1, 0.15) is 162 Å². The van der Waals surface area contributed by atoms with Gasteiger partial charge in [-0.15, -0.1) is 0 Å². The maximum absolute atomic E-state index is 6.92. The molecule has 9 unspecified atom stereocenters. The third-order valence-corrected chi connectivity index (χ3v) is 9.79.